The van der Waals surface area contributed by atoms with Crippen LogP contribution in [-0.2, 0) is 17.8 Å². The first-order valence-electron chi connectivity index (χ1n) is 8.96. The number of rotatable bonds is 7. The molecule has 0 spiro atoms. The van der Waals surface area contributed by atoms with Gasteiger partial charge in [0.25, 0.3) is 5.91 Å². The topological polar surface area (TPSA) is 95.9 Å². The molecule has 0 saturated heterocycles. The Hall–Kier alpha value is -2.91. The summed E-state index contributed by atoms with van der Waals surface area (Å²) in [6, 6.07) is 13.5. The van der Waals surface area contributed by atoms with Crippen LogP contribution in [0.25, 0.3) is 0 Å². The van der Waals surface area contributed by atoms with Gasteiger partial charge in [0.1, 0.15) is 17.3 Å². The number of nitrogens with one attached hydrogen (secondary N) is 1. The number of phenols is 1. The molecule has 3 rings (SSSR count). The lowest BCUT2D eigenvalue weighted by Crippen LogP contribution is -2.23. The molecule has 0 aromatic heterocycles. The van der Waals surface area contributed by atoms with Crippen LogP contribution in [0.2, 0.25) is 0 Å². The Balaban J connectivity index is 1.79. The number of aromatic hydroxyl groups is 1. The fourth-order valence-electron chi connectivity index (χ4n) is 2.78. The summed E-state index contributed by atoms with van der Waals surface area (Å²) in [6.07, 6.45) is -0.150. The Labute approximate surface area is 193 Å². The van der Waals surface area contributed by atoms with Crippen LogP contribution in [0.15, 0.2) is 63.5 Å². The number of phenolic OH excluding ortho intramolecular Hbond substituents is 1. The number of benzene rings is 3. The Morgan fingerprint density at radius 1 is 1.03 bits per heavy atom. The van der Waals surface area contributed by atoms with Gasteiger partial charge in [-0.05, 0) is 73.8 Å². The molecule has 160 valence electrons. The first-order valence-corrected chi connectivity index (χ1v) is 10.6. The second-order valence-corrected chi connectivity index (χ2v) is 8.22. The SMILES string of the molecule is O=C(O)Cc1cc(Br)c(Oc2ccc(O)c(C(=O)NCc3ccccc3F)c2)c(Br)c1. The van der Waals surface area contributed by atoms with E-state index in [1.807, 2.05) is 0 Å². The van der Waals surface area contributed by atoms with Crippen LogP contribution in [0.4, 0.5) is 4.39 Å². The highest BCUT2D eigenvalue weighted by atomic mass is 79.9. The smallest absolute Gasteiger partial charge is 0.307 e. The lowest BCUT2D eigenvalue weighted by molar-refractivity contribution is -0.136. The fraction of sp³-hybridized carbons (Fsp3) is 0.0909. The molecular formula is C22H16Br2FNO5. The number of aliphatic carboxylic acids is 1. The molecule has 0 radical (unpaired) electrons. The van der Waals surface area contributed by atoms with E-state index in [9.17, 15) is 19.1 Å². The molecule has 0 aliphatic carbocycles. The lowest BCUT2D eigenvalue weighted by atomic mass is 10.1. The van der Waals surface area contributed by atoms with Crippen LogP contribution in [0.5, 0.6) is 17.2 Å². The molecule has 0 aliphatic rings. The zero-order chi connectivity index (χ0) is 22.5. The number of hydrogen-bond acceptors (Lipinski definition) is 4. The molecule has 0 atom stereocenters. The third-order valence-corrected chi connectivity index (χ3v) is 5.42. The molecule has 31 heavy (non-hydrogen) atoms. The van der Waals surface area contributed by atoms with Crippen LogP contribution < -0.4 is 10.1 Å². The Morgan fingerprint density at radius 3 is 2.35 bits per heavy atom. The molecule has 0 fully saturated rings. The number of carbonyl (C=O) groups is 2. The second-order valence-electron chi connectivity index (χ2n) is 6.51. The van der Waals surface area contributed by atoms with Gasteiger partial charge in [-0.2, -0.15) is 0 Å². The molecule has 0 heterocycles. The monoisotopic (exact) mass is 551 g/mol. The molecule has 0 aliphatic heterocycles. The van der Waals surface area contributed by atoms with Gasteiger partial charge in [-0.25, -0.2) is 4.39 Å². The summed E-state index contributed by atoms with van der Waals surface area (Å²) in [4.78, 5) is 23.4. The highest BCUT2D eigenvalue weighted by Gasteiger charge is 2.16. The number of carboxylic acid groups (broad SMARTS) is 1. The molecule has 3 aromatic rings. The predicted octanol–water partition coefficient (Wildman–Crippen LogP) is 5.41. The maximum Gasteiger partial charge on any atom is 0.307 e. The lowest BCUT2D eigenvalue weighted by Gasteiger charge is -2.13. The number of amides is 1. The Bertz CT molecular complexity index is 1130. The van der Waals surface area contributed by atoms with Crippen LogP contribution in [0.1, 0.15) is 21.5 Å². The van der Waals surface area contributed by atoms with Crippen molar-refractivity contribution in [2.45, 2.75) is 13.0 Å². The average Bonchev–Trinajstić information content (AvgIpc) is 2.70. The van der Waals surface area contributed by atoms with E-state index in [1.165, 1.54) is 24.3 Å². The van der Waals surface area contributed by atoms with E-state index in [4.69, 9.17) is 9.84 Å². The van der Waals surface area contributed by atoms with Crippen molar-refractivity contribution in [3.63, 3.8) is 0 Å². The minimum atomic E-state index is -0.961. The Morgan fingerprint density at radius 2 is 1.71 bits per heavy atom. The van der Waals surface area contributed by atoms with Crippen LogP contribution in [0, 0.1) is 5.82 Å². The maximum atomic E-state index is 13.7. The Kier molecular flexibility index (Phi) is 7.29. The highest BCUT2D eigenvalue weighted by Crippen LogP contribution is 2.38. The zero-order valence-electron chi connectivity index (χ0n) is 15.9. The molecule has 1 amide bonds. The maximum absolute atomic E-state index is 13.7. The summed E-state index contributed by atoms with van der Waals surface area (Å²) in [5, 5.41) is 21.6. The van der Waals surface area contributed by atoms with Crippen LogP contribution >= 0.6 is 31.9 Å². The first-order chi connectivity index (χ1) is 14.7. The molecule has 0 bridgehead atoms. The van der Waals surface area contributed by atoms with E-state index in [0.717, 1.165) is 0 Å². The van der Waals surface area contributed by atoms with E-state index >= 15 is 0 Å². The van der Waals surface area contributed by atoms with Gasteiger partial charge >= 0.3 is 5.97 Å². The summed E-state index contributed by atoms with van der Waals surface area (Å²) in [7, 11) is 0. The summed E-state index contributed by atoms with van der Waals surface area (Å²) in [5.41, 5.74) is 0.846. The standard InChI is InChI=1S/C22H16Br2FNO5/c23-16-7-12(9-20(28)29)8-17(24)21(16)31-14-5-6-19(27)15(10-14)22(30)26-11-13-3-1-2-4-18(13)25/h1-8,10,27H,9,11H2,(H,26,30)(H,28,29). The summed E-state index contributed by atoms with van der Waals surface area (Å²) in [5.74, 6) is -1.62. The molecule has 0 unspecified atom stereocenters. The third-order valence-electron chi connectivity index (χ3n) is 4.24. The summed E-state index contributed by atoms with van der Waals surface area (Å²) in [6.45, 7) is -0.0435. The van der Waals surface area contributed by atoms with Crippen molar-refractivity contribution < 1.29 is 28.9 Å². The van der Waals surface area contributed by atoms with E-state index in [0.29, 0.717) is 25.8 Å². The van der Waals surface area contributed by atoms with Crippen molar-refractivity contribution in [2.75, 3.05) is 0 Å². The van der Waals surface area contributed by atoms with Gasteiger partial charge in [-0.15, -0.1) is 0 Å². The number of hydrogen-bond donors (Lipinski definition) is 3. The number of carbonyl (C=O) groups excluding carboxylic acids is 1. The second kappa shape index (κ2) is 9.93. The predicted molar refractivity (Wildman–Crippen MR) is 119 cm³/mol. The first kappa shape index (κ1) is 22.8. The fourth-order valence-corrected chi connectivity index (χ4v) is 4.22. The van der Waals surface area contributed by atoms with Gasteiger partial charge in [0, 0.05) is 12.1 Å². The quantitative estimate of drug-likeness (QED) is 0.364. The summed E-state index contributed by atoms with van der Waals surface area (Å²) < 4.78 is 20.6. The van der Waals surface area contributed by atoms with E-state index < -0.39 is 17.7 Å². The third kappa shape index (κ3) is 5.83. The van der Waals surface area contributed by atoms with Gasteiger partial charge < -0.3 is 20.3 Å². The average molecular weight is 553 g/mol. The molecule has 6 nitrogen and oxygen atoms in total. The normalized spacial score (nSPS) is 10.5. The number of ether oxygens (including phenoxy) is 1. The minimum Gasteiger partial charge on any atom is -0.507 e. The van der Waals surface area contributed by atoms with Gasteiger partial charge in [-0.1, -0.05) is 18.2 Å². The minimum absolute atomic E-state index is 0.0384. The highest BCUT2D eigenvalue weighted by molar-refractivity contribution is 9.11. The van der Waals surface area contributed by atoms with Gasteiger partial charge in [0.2, 0.25) is 0 Å². The summed E-state index contributed by atoms with van der Waals surface area (Å²) >= 11 is 6.71. The number of carboxylic acids is 1. The van der Waals surface area contributed by atoms with Crippen LogP contribution in [-0.4, -0.2) is 22.1 Å². The van der Waals surface area contributed by atoms with Gasteiger partial charge in [-0.3, -0.25) is 9.59 Å². The number of halogens is 3. The van der Waals surface area contributed by atoms with Crippen molar-refractivity contribution in [3.05, 3.63) is 86.1 Å². The van der Waals surface area contributed by atoms with Crippen molar-refractivity contribution in [3.8, 4) is 17.2 Å². The molecule has 3 aromatic carbocycles. The largest absolute Gasteiger partial charge is 0.507 e. The van der Waals surface area contributed by atoms with E-state index in [2.05, 4.69) is 37.2 Å². The van der Waals surface area contributed by atoms with Crippen molar-refractivity contribution in [2.24, 2.45) is 0 Å². The van der Waals surface area contributed by atoms with Gasteiger partial charge in [0.05, 0.1) is 20.9 Å². The van der Waals surface area contributed by atoms with E-state index in [1.54, 1.807) is 30.3 Å². The van der Waals surface area contributed by atoms with Crippen molar-refractivity contribution >= 4 is 43.7 Å². The van der Waals surface area contributed by atoms with Crippen molar-refractivity contribution in [1.29, 1.82) is 0 Å². The zero-order valence-corrected chi connectivity index (χ0v) is 19.0. The van der Waals surface area contributed by atoms with Crippen molar-refractivity contribution in [1.82, 2.24) is 5.32 Å². The molecule has 9 heteroatoms. The molecule has 3 N–H and O–H groups in total. The molecular weight excluding hydrogens is 537 g/mol. The van der Waals surface area contributed by atoms with Gasteiger partial charge in [0.15, 0.2) is 5.75 Å². The van der Waals surface area contributed by atoms with E-state index in [-0.39, 0.29) is 30.0 Å². The molecule has 0 saturated carbocycles. The van der Waals surface area contributed by atoms with Crippen LogP contribution in [0.3, 0.4) is 0 Å².